The minimum Gasteiger partial charge on any atom is -0.319 e. The van der Waals surface area contributed by atoms with Crippen LogP contribution >= 0.6 is 0 Å². The molecule has 1 heteroatoms. The predicted molar refractivity (Wildman–Crippen MR) is 41.1 cm³/mol. The Hall–Kier alpha value is -0.740. The zero-order chi connectivity index (χ0) is 7.11. The lowest BCUT2D eigenvalue weighted by molar-refractivity contribution is 0.798. The van der Waals surface area contributed by atoms with Crippen LogP contribution in [0, 0.1) is 11.8 Å². The van der Waals surface area contributed by atoms with Crippen molar-refractivity contribution >= 4 is 0 Å². The molecular formula is C8H13N. The summed E-state index contributed by atoms with van der Waals surface area (Å²) in [7, 11) is 1.92. The monoisotopic (exact) mass is 123 g/mol. The van der Waals surface area contributed by atoms with Crippen LogP contribution in [0.15, 0.2) is 12.2 Å². The van der Waals surface area contributed by atoms with Crippen LogP contribution in [0.5, 0.6) is 0 Å². The maximum atomic E-state index is 3.77. The SMILES string of the molecule is C=C(C#CC)CCNC. The lowest BCUT2D eigenvalue weighted by atomic mass is 10.2. The van der Waals surface area contributed by atoms with Gasteiger partial charge in [-0.15, -0.1) is 5.92 Å². The van der Waals surface area contributed by atoms with Gasteiger partial charge in [-0.1, -0.05) is 12.5 Å². The third-order valence-electron chi connectivity index (χ3n) is 0.979. The smallest absolute Gasteiger partial charge is 0.000527 e. The van der Waals surface area contributed by atoms with Gasteiger partial charge in [0.1, 0.15) is 0 Å². The maximum absolute atomic E-state index is 3.77. The molecule has 0 fully saturated rings. The summed E-state index contributed by atoms with van der Waals surface area (Å²) in [5, 5.41) is 3.03. The number of hydrogen-bond donors (Lipinski definition) is 1. The molecule has 0 atom stereocenters. The van der Waals surface area contributed by atoms with Gasteiger partial charge in [0.05, 0.1) is 0 Å². The van der Waals surface area contributed by atoms with Gasteiger partial charge in [0.25, 0.3) is 0 Å². The van der Waals surface area contributed by atoms with Crippen molar-refractivity contribution in [1.82, 2.24) is 5.32 Å². The average molecular weight is 123 g/mol. The molecule has 0 aliphatic rings. The summed E-state index contributed by atoms with van der Waals surface area (Å²) in [6.45, 7) is 6.56. The molecule has 50 valence electrons. The van der Waals surface area contributed by atoms with E-state index in [1.807, 2.05) is 14.0 Å². The fourth-order valence-electron chi connectivity index (χ4n) is 0.515. The minimum absolute atomic E-state index is 0.956. The molecule has 9 heavy (non-hydrogen) atoms. The first-order valence-electron chi connectivity index (χ1n) is 3.06. The van der Waals surface area contributed by atoms with Crippen LogP contribution in [-0.4, -0.2) is 13.6 Å². The molecule has 1 nitrogen and oxygen atoms in total. The van der Waals surface area contributed by atoms with E-state index in [1.54, 1.807) is 0 Å². The molecule has 0 heterocycles. The summed E-state index contributed by atoms with van der Waals surface area (Å²) in [5.74, 6) is 5.69. The largest absolute Gasteiger partial charge is 0.319 e. The van der Waals surface area contributed by atoms with Gasteiger partial charge in [-0.2, -0.15) is 0 Å². The van der Waals surface area contributed by atoms with E-state index >= 15 is 0 Å². The Balaban J connectivity index is 3.35. The molecule has 1 N–H and O–H groups in total. The van der Waals surface area contributed by atoms with E-state index in [1.165, 1.54) is 0 Å². The molecule has 0 unspecified atom stereocenters. The fraction of sp³-hybridized carbons (Fsp3) is 0.500. The van der Waals surface area contributed by atoms with Crippen LogP contribution in [0.3, 0.4) is 0 Å². The van der Waals surface area contributed by atoms with Gasteiger partial charge in [-0.3, -0.25) is 0 Å². The molecule has 0 aromatic heterocycles. The molecule has 0 saturated heterocycles. The molecule has 0 radical (unpaired) electrons. The van der Waals surface area contributed by atoms with Crippen LogP contribution in [0.4, 0.5) is 0 Å². The summed E-state index contributed by atoms with van der Waals surface area (Å²) in [4.78, 5) is 0. The van der Waals surface area contributed by atoms with E-state index in [9.17, 15) is 0 Å². The molecular weight excluding hydrogens is 110 g/mol. The number of hydrogen-bond acceptors (Lipinski definition) is 1. The molecule has 0 saturated carbocycles. The summed E-state index contributed by atoms with van der Waals surface area (Å²) in [6.07, 6.45) is 0.956. The quantitative estimate of drug-likeness (QED) is 0.555. The minimum atomic E-state index is 0.956. The zero-order valence-electron chi connectivity index (χ0n) is 6.12. The van der Waals surface area contributed by atoms with Crippen molar-refractivity contribution < 1.29 is 0 Å². The highest BCUT2D eigenvalue weighted by Crippen LogP contribution is 1.91. The maximum Gasteiger partial charge on any atom is -0.000527 e. The van der Waals surface area contributed by atoms with E-state index in [2.05, 4.69) is 23.7 Å². The molecule has 0 aromatic carbocycles. The fourth-order valence-corrected chi connectivity index (χ4v) is 0.515. The molecule has 0 aromatic rings. The van der Waals surface area contributed by atoms with Crippen molar-refractivity contribution in [2.24, 2.45) is 0 Å². The Morgan fingerprint density at radius 1 is 1.67 bits per heavy atom. The Morgan fingerprint density at radius 3 is 2.78 bits per heavy atom. The first-order chi connectivity index (χ1) is 4.31. The van der Waals surface area contributed by atoms with E-state index in [0.29, 0.717) is 0 Å². The van der Waals surface area contributed by atoms with E-state index in [4.69, 9.17) is 0 Å². The first kappa shape index (κ1) is 8.26. The van der Waals surface area contributed by atoms with Gasteiger partial charge < -0.3 is 5.32 Å². The summed E-state index contributed by atoms with van der Waals surface area (Å²) >= 11 is 0. The van der Waals surface area contributed by atoms with Crippen molar-refractivity contribution in [3.8, 4) is 11.8 Å². The Labute approximate surface area is 57.2 Å². The first-order valence-corrected chi connectivity index (χ1v) is 3.06. The third kappa shape index (κ3) is 5.13. The highest BCUT2D eigenvalue weighted by molar-refractivity contribution is 5.24. The molecule has 0 bridgehead atoms. The van der Waals surface area contributed by atoms with Gasteiger partial charge in [-0.05, 0) is 32.5 Å². The number of nitrogens with one attached hydrogen (secondary N) is 1. The van der Waals surface area contributed by atoms with Crippen LogP contribution in [0.25, 0.3) is 0 Å². The molecule has 0 amide bonds. The summed E-state index contributed by atoms with van der Waals surface area (Å²) < 4.78 is 0. The van der Waals surface area contributed by atoms with E-state index in [0.717, 1.165) is 18.5 Å². The van der Waals surface area contributed by atoms with Gasteiger partial charge in [0.2, 0.25) is 0 Å². The summed E-state index contributed by atoms with van der Waals surface area (Å²) in [5.41, 5.74) is 1.01. The average Bonchev–Trinajstić information content (AvgIpc) is 1.85. The lowest BCUT2D eigenvalue weighted by Gasteiger charge is -1.94. The van der Waals surface area contributed by atoms with Crippen molar-refractivity contribution in [2.45, 2.75) is 13.3 Å². The van der Waals surface area contributed by atoms with Gasteiger partial charge in [0, 0.05) is 0 Å². The zero-order valence-corrected chi connectivity index (χ0v) is 6.12. The van der Waals surface area contributed by atoms with Crippen LogP contribution in [-0.2, 0) is 0 Å². The van der Waals surface area contributed by atoms with Gasteiger partial charge in [-0.25, -0.2) is 0 Å². The Bertz CT molecular complexity index is 136. The topological polar surface area (TPSA) is 12.0 Å². The Morgan fingerprint density at radius 2 is 2.33 bits per heavy atom. The van der Waals surface area contributed by atoms with E-state index in [-0.39, 0.29) is 0 Å². The van der Waals surface area contributed by atoms with Crippen molar-refractivity contribution in [3.05, 3.63) is 12.2 Å². The second-order valence-corrected chi connectivity index (χ2v) is 1.83. The lowest BCUT2D eigenvalue weighted by Crippen LogP contribution is -2.07. The molecule has 0 aliphatic carbocycles. The highest BCUT2D eigenvalue weighted by Gasteiger charge is 1.84. The van der Waals surface area contributed by atoms with Crippen molar-refractivity contribution in [2.75, 3.05) is 13.6 Å². The standard InChI is InChI=1S/C8H13N/c1-4-5-8(2)6-7-9-3/h9H,2,6-7H2,1,3H3. The second kappa shape index (κ2) is 5.40. The normalized spacial score (nSPS) is 7.78. The third-order valence-corrected chi connectivity index (χ3v) is 0.979. The van der Waals surface area contributed by atoms with Gasteiger partial charge >= 0.3 is 0 Å². The Kier molecular flexibility index (Phi) is 4.95. The number of rotatable bonds is 3. The summed E-state index contributed by atoms with van der Waals surface area (Å²) in [6, 6.07) is 0. The van der Waals surface area contributed by atoms with Crippen LogP contribution < -0.4 is 5.32 Å². The van der Waals surface area contributed by atoms with E-state index < -0.39 is 0 Å². The van der Waals surface area contributed by atoms with Crippen LogP contribution in [0.1, 0.15) is 13.3 Å². The highest BCUT2D eigenvalue weighted by atomic mass is 14.8. The molecule has 0 spiro atoms. The predicted octanol–water partition coefficient (Wildman–Crippen LogP) is 1.18. The molecule has 0 rings (SSSR count). The van der Waals surface area contributed by atoms with Crippen LogP contribution in [0.2, 0.25) is 0 Å². The second-order valence-electron chi connectivity index (χ2n) is 1.83. The van der Waals surface area contributed by atoms with Gasteiger partial charge in [0.15, 0.2) is 0 Å². The van der Waals surface area contributed by atoms with Crippen molar-refractivity contribution in [3.63, 3.8) is 0 Å². The van der Waals surface area contributed by atoms with Crippen molar-refractivity contribution in [1.29, 1.82) is 0 Å². The molecule has 0 aliphatic heterocycles.